The molecule has 120 valence electrons. The number of hydrogen-bond donors (Lipinski definition) is 1. The number of ether oxygens (including phenoxy) is 1. The van der Waals surface area contributed by atoms with Gasteiger partial charge in [-0.05, 0) is 49.2 Å². The van der Waals surface area contributed by atoms with E-state index in [1.165, 1.54) is 6.08 Å². The molecule has 0 aromatic heterocycles. The quantitative estimate of drug-likeness (QED) is 0.805. The number of benzene rings is 2. The fraction of sp³-hybridized carbons (Fsp3) is 0.211. The first kappa shape index (κ1) is 17.1. The minimum Gasteiger partial charge on any atom is -0.491 e. The molecule has 0 saturated heterocycles. The predicted molar refractivity (Wildman–Crippen MR) is 94.8 cm³/mol. The molecule has 0 aliphatic carbocycles. The van der Waals surface area contributed by atoms with Crippen LogP contribution in [0.2, 0.25) is 5.02 Å². The minimum absolute atomic E-state index is 0.0861. The maximum atomic E-state index is 11.9. The fourth-order valence-electron chi connectivity index (χ4n) is 2.01. The zero-order chi connectivity index (χ0) is 16.7. The van der Waals surface area contributed by atoms with Crippen molar-refractivity contribution in [3.8, 4) is 5.75 Å². The highest BCUT2D eigenvalue weighted by atomic mass is 35.5. The molecule has 0 bridgehead atoms. The molecule has 0 heterocycles. The van der Waals surface area contributed by atoms with Gasteiger partial charge in [-0.2, -0.15) is 0 Å². The average Bonchev–Trinajstić information content (AvgIpc) is 2.53. The van der Waals surface area contributed by atoms with Gasteiger partial charge in [-0.15, -0.1) is 0 Å². The number of hydrogen-bond acceptors (Lipinski definition) is 2. The van der Waals surface area contributed by atoms with Gasteiger partial charge in [0.15, 0.2) is 0 Å². The smallest absolute Gasteiger partial charge is 0.244 e. The Labute approximate surface area is 141 Å². The Kier molecular flexibility index (Phi) is 6.24. The topological polar surface area (TPSA) is 38.3 Å². The van der Waals surface area contributed by atoms with E-state index in [1.807, 2.05) is 50.2 Å². The molecule has 2 aromatic carbocycles. The Balaban J connectivity index is 1.80. The molecule has 1 amide bonds. The van der Waals surface area contributed by atoms with Gasteiger partial charge in [0.05, 0.1) is 6.04 Å². The molecule has 2 rings (SSSR count). The molecule has 0 radical (unpaired) electrons. The van der Waals surface area contributed by atoms with E-state index in [0.29, 0.717) is 11.6 Å². The van der Waals surface area contributed by atoms with Crippen molar-refractivity contribution in [3.05, 3.63) is 70.8 Å². The average molecular weight is 330 g/mol. The van der Waals surface area contributed by atoms with Crippen LogP contribution in [0, 0.1) is 6.92 Å². The Morgan fingerprint density at radius 3 is 2.61 bits per heavy atom. The van der Waals surface area contributed by atoms with Crippen molar-refractivity contribution in [2.75, 3.05) is 6.61 Å². The number of carbonyl (C=O) groups excluding carboxylic acids is 1. The zero-order valence-corrected chi connectivity index (χ0v) is 14.0. The van der Waals surface area contributed by atoms with E-state index in [-0.39, 0.29) is 11.9 Å². The summed E-state index contributed by atoms with van der Waals surface area (Å²) in [5.41, 5.74) is 2.00. The summed E-state index contributed by atoms with van der Waals surface area (Å²) in [5, 5.41) is 3.55. The van der Waals surface area contributed by atoms with E-state index in [1.54, 1.807) is 18.2 Å². The van der Waals surface area contributed by atoms with Crippen molar-refractivity contribution in [3.63, 3.8) is 0 Å². The van der Waals surface area contributed by atoms with Gasteiger partial charge < -0.3 is 10.1 Å². The van der Waals surface area contributed by atoms with Gasteiger partial charge >= 0.3 is 0 Å². The van der Waals surface area contributed by atoms with Gasteiger partial charge in [-0.25, -0.2) is 0 Å². The third-order valence-electron chi connectivity index (χ3n) is 3.27. The van der Waals surface area contributed by atoms with Crippen molar-refractivity contribution < 1.29 is 9.53 Å². The van der Waals surface area contributed by atoms with Crippen LogP contribution in [0.4, 0.5) is 0 Å². The molecular weight excluding hydrogens is 310 g/mol. The standard InChI is InChI=1S/C19H20ClNO2/c1-14-5-3-4-6-18(14)23-13-15(2)21-19(22)12-9-16-7-10-17(20)11-8-16/h3-12,15H,13H2,1-2H3,(H,21,22)/b12-9+/t15-/m0/s1. The molecule has 0 saturated carbocycles. The lowest BCUT2D eigenvalue weighted by Gasteiger charge is -2.15. The van der Waals surface area contributed by atoms with Gasteiger partial charge in [-0.3, -0.25) is 4.79 Å². The lowest BCUT2D eigenvalue weighted by atomic mass is 10.2. The Bertz CT molecular complexity index is 680. The second-order valence-corrected chi connectivity index (χ2v) is 5.81. The molecule has 0 fully saturated rings. The molecule has 1 atom stereocenters. The van der Waals surface area contributed by atoms with Crippen molar-refractivity contribution in [2.24, 2.45) is 0 Å². The summed E-state index contributed by atoms with van der Waals surface area (Å²) >= 11 is 5.82. The van der Waals surface area contributed by atoms with E-state index < -0.39 is 0 Å². The van der Waals surface area contributed by atoms with Gasteiger partial charge in [0.1, 0.15) is 12.4 Å². The number of aryl methyl sites for hydroxylation is 1. The maximum Gasteiger partial charge on any atom is 0.244 e. The molecule has 0 aliphatic rings. The van der Waals surface area contributed by atoms with Crippen LogP contribution in [0.1, 0.15) is 18.1 Å². The SMILES string of the molecule is Cc1ccccc1OC[C@H](C)NC(=O)/C=C/c1ccc(Cl)cc1. The van der Waals surface area contributed by atoms with Crippen LogP contribution in [-0.4, -0.2) is 18.6 Å². The highest BCUT2D eigenvalue weighted by Crippen LogP contribution is 2.16. The van der Waals surface area contributed by atoms with Crippen LogP contribution in [-0.2, 0) is 4.79 Å². The highest BCUT2D eigenvalue weighted by Gasteiger charge is 2.06. The molecular formula is C19H20ClNO2. The number of carbonyl (C=O) groups is 1. The Morgan fingerprint density at radius 2 is 1.91 bits per heavy atom. The third kappa shape index (κ3) is 5.80. The summed E-state index contributed by atoms with van der Waals surface area (Å²) in [7, 11) is 0. The van der Waals surface area contributed by atoms with Gasteiger partial charge in [0.2, 0.25) is 5.91 Å². The van der Waals surface area contributed by atoms with Crippen LogP contribution < -0.4 is 10.1 Å². The summed E-state index contributed by atoms with van der Waals surface area (Å²) in [6.07, 6.45) is 3.26. The number of amides is 1. The molecule has 1 N–H and O–H groups in total. The molecule has 0 aliphatic heterocycles. The van der Waals surface area contributed by atoms with Gasteiger partial charge in [-0.1, -0.05) is 41.9 Å². The van der Waals surface area contributed by atoms with E-state index >= 15 is 0 Å². The number of rotatable bonds is 6. The van der Waals surface area contributed by atoms with E-state index in [9.17, 15) is 4.79 Å². The molecule has 23 heavy (non-hydrogen) atoms. The molecule has 0 spiro atoms. The van der Waals surface area contributed by atoms with Crippen molar-refractivity contribution >= 4 is 23.6 Å². The summed E-state index contributed by atoms with van der Waals surface area (Å²) in [6.45, 7) is 4.32. The van der Waals surface area contributed by atoms with Gasteiger partial charge in [0, 0.05) is 11.1 Å². The first-order valence-corrected chi connectivity index (χ1v) is 7.85. The Morgan fingerprint density at radius 1 is 1.22 bits per heavy atom. The number of nitrogens with one attached hydrogen (secondary N) is 1. The second kappa shape index (κ2) is 8.39. The lowest BCUT2D eigenvalue weighted by Crippen LogP contribution is -2.35. The Hall–Kier alpha value is -2.26. The summed E-state index contributed by atoms with van der Waals surface area (Å²) < 4.78 is 5.72. The second-order valence-electron chi connectivity index (χ2n) is 5.37. The van der Waals surface area contributed by atoms with Crippen molar-refractivity contribution in [1.29, 1.82) is 0 Å². The first-order valence-electron chi connectivity index (χ1n) is 7.47. The fourth-order valence-corrected chi connectivity index (χ4v) is 2.14. The number of halogens is 1. The van der Waals surface area contributed by atoms with Crippen LogP contribution in [0.15, 0.2) is 54.6 Å². The summed E-state index contributed by atoms with van der Waals surface area (Å²) in [6, 6.07) is 15.0. The molecule has 3 nitrogen and oxygen atoms in total. The normalized spacial score (nSPS) is 12.1. The monoisotopic (exact) mass is 329 g/mol. The van der Waals surface area contributed by atoms with Gasteiger partial charge in [0.25, 0.3) is 0 Å². The third-order valence-corrected chi connectivity index (χ3v) is 3.52. The minimum atomic E-state index is -0.152. The molecule has 2 aromatic rings. The summed E-state index contributed by atoms with van der Waals surface area (Å²) in [4.78, 5) is 11.9. The van der Waals surface area contributed by atoms with E-state index in [2.05, 4.69) is 5.32 Å². The number of para-hydroxylation sites is 1. The van der Waals surface area contributed by atoms with E-state index in [0.717, 1.165) is 16.9 Å². The predicted octanol–water partition coefficient (Wildman–Crippen LogP) is 4.25. The maximum absolute atomic E-state index is 11.9. The van der Waals surface area contributed by atoms with Crippen molar-refractivity contribution in [1.82, 2.24) is 5.32 Å². The summed E-state index contributed by atoms with van der Waals surface area (Å²) in [5.74, 6) is 0.686. The molecule has 0 unspecified atom stereocenters. The highest BCUT2D eigenvalue weighted by molar-refractivity contribution is 6.30. The van der Waals surface area contributed by atoms with Crippen molar-refractivity contribution in [2.45, 2.75) is 19.9 Å². The van der Waals surface area contributed by atoms with Crippen LogP contribution in [0.25, 0.3) is 6.08 Å². The van der Waals surface area contributed by atoms with Crippen LogP contribution in [0.5, 0.6) is 5.75 Å². The zero-order valence-electron chi connectivity index (χ0n) is 13.3. The molecule has 4 heteroatoms. The van der Waals surface area contributed by atoms with Crippen LogP contribution in [0.3, 0.4) is 0 Å². The van der Waals surface area contributed by atoms with Crippen LogP contribution >= 0.6 is 11.6 Å². The van der Waals surface area contributed by atoms with E-state index in [4.69, 9.17) is 16.3 Å². The lowest BCUT2D eigenvalue weighted by molar-refractivity contribution is -0.117. The largest absolute Gasteiger partial charge is 0.491 e. The first-order chi connectivity index (χ1) is 11.0.